The lowest BCUT2D eigenvalue weighted by atomic mass is 10.2. The first-order valence-electron chi connectivity index (χ1n) is 3.58. The van der Waals surface area contributed by atoms with Crippen LogP contribution in [-0.4, -0.2) is 35.5 Å². The molecule has 0 aliphatic heterocycles. The van der Waals surface area contributed by atoms with Gasteiger partial charge in [-0.2, -0.15) is 0 Å². The van der Waals surface area contributed by atoms with Crippen molar-refractivity contribution < 1.29 is 14.7 Å². The predicted molar refractivity (Wildman–Crippen MR) is 44.7 cm³/mol. The van der Waals surface area contributed by atoms with Gasteiger partial charge in [-0.25, -0.2) is 4.79 Å². The zero-order chi connectivity index (χ0) is 9.72. The zero-order valence-corrected chi connectivity index (χ0v) is 7.44. The molecule has 0 bridgehead atoms. The van der Waals surface area contributed by atoms with E-state index >= 15 is 0 Å². The maximum Gasteiger partial charge on any atom is 0.331 e. The molecule has 0 fully saturated rings. The van der Waals surface area contributed by atoms with E-state index in [9.17, 15) is 9.59 Å². The van der Waals surface area contributed by atoms with Crippen molar-refractivity contribution >= 4 is 12.4 Å². The van der Waals surface area contributed by atoms with Gasteiger partial charge >= 0.3 is 5.97 Å². The Labute approximate surface area is 71.5 Å². The number of carbonyl (C=O) groups is 2. The average molecular weight is 171 g/mol. The van der Waals surface area contributed by atoms with E-state index in [1.54, 1.807) is 14.0 Å². The van der Waals surface area contributed by atoms with E-state index in [0.717, 1.165) is 0 Å². The van der Waals surface area contributed by atoms with Gasteiger partial charge in [0.1, 0.15) is 0 Å². The maximum atomic E-state index is 10.4. The molecule has 12 heavy (non-hydrogen) atoms. The average Bonchev–Trinajstić information content (AvgIpc) is 2.02. The fourth-order valence-corrected chi connectivity index (χ4v) is 0.647. The van der Waals surface area contributed by atoms with E-state index in [1.807, 2.05) is 0 Å². The second kappa shape index (κ2) is 4.54. The Balaban J connectivity index is 4.32. The molecule has 0 aliphatic rings. The molecular formula is C8H13NO3. The molecule has 0 saturated heterocycles. The summed E-state index contributed by atoms with van der Waals surface area (Å²) in [5, 5.41) is 8.51. The van der Waals surface area contributed by atoms with E-state index in [1.165, 1.54) is 17.9 Å². The Morgan fingerprint density at radius 3 is 2.42 bits per heavy atom. The van der Waals surface area contributed by atoms with Crippen LogP contribution in [0.1, 0.15) is 13.8 Å². The van der Waals surface area contributed by atoms with Gasteiger partial charge in [-0.1, -0.05) is 6.08 Å². The number of hydrogen-bond donors (Lipinski definition) is 1. The second-order valence-corrected chi connectivity index (χ2v) is 2.67. The summed E-state index contributed by atoms with van der Waals surface area (Å²) in [5.74, 6) is -0.957. The number of aliphatic carboxylic acids is 1. The number of nitrogens with zero attached hydrogens (tertiary/aromatic N) is 1. The number of carboxylic acid groups (broad SMARTS) is 1. The number of amides is 1. The molecule has 1 unspecified atom stereocenters. The Bertz CT molecular complexity index is 210. The summed E-state index contributed by atoms with van der Waals surface area (Å²) in [7, 11) is 1.60. The molecule has 0 rings (SSSR count). The molecule has 0 saturated carbocycles. The monoisotopic (exact) mass is 171 g/mol. The van der Waals surface area contributed by atoms with Crippen LogP contribution < -0.4 is 0 Å². The fraction of sp³-hybridized carbons (Fsp3) is 0.500. The number of carboxylic acids is 1. The first-order chi connectivity index (χ1) is 5.49. The lowest BCUT2D eigenvalue weighted by molar-refractivity contribution is -0.132. The largest absolute Gasteiger partial charge is 0.478 e. The summed E-state index contributed by atoms with van der Waals surface area (Å²) in [6.45, 7) is 3.25. The van der Waals surface area contributed by atoms with Crippen molar-refractivity contribution in [3.05, 3.63) is 11.6 Å². The molecule has 0 heterocycles. The summed E-state index contributed by atoms with van der Waals surface area (Å²) in [5.41, 5.74) is 0.246. The van der Waals surface area contributed by atoms with E-state index in [4.69, 9.17) is 5.11 Å². The molecule has 4 nitrogen and oxygen atoms in total. The molecule has 1 atom stereocenters. The standard InChI is InChI=1S/C8H13NO3/c1-6(8(11)12)4-7(2)9(3)5-10/h4-5,7H,1-3H3,(H,11,12). The van der Waals surface area contributed by atoms with Gasteiger partial charge < -0.3 is 10.0 Å². The van der Waals surface area contributed by atoms with Crippen LogP contribution in [-0.2, 0) is 9.59 Å². The predicted octanol–water partition coefficient (Wildman–Crippen LogP) is 0.494. The van der Waals surface area contributed by atoms with Gasteiger partial charge in [0.25, 0.3) is 0 Å². The third-order valence-electron chi connectivity index (χ3n) is 1.64. The lowest BCUT2D eigenvalue weighted by Crippen LogP contribution is -2.26. The van der Waals surface area contributed by atoms with Crippen LogP contribution in [0, 0.1) is 0 Å². The molecule has 0 aromatic rings. The first-order valence-corrected chi connectivity index (χ1v) is 3.58. The van der Waals surface area contributed by atoms with Gasteiger partial charge in [-0.05, 0) is 13.8 Å². The second-order valence-electron chi connectivity index (χ2n) is 2.67. The van der Waals surface area contributed by atoms with E-state index < -0.39 is 5.97 Å². The zero-order valence-electron chi connectivity index (χ0n) is 7.44. The third-order valence-corrected chi connectivity index (χ3v) is 1.64. The number of carbonyl (C=O) groups excluding carboxylic acids is 1. The highest BCUT2D eigenvalue weighted by atomic mass is 16.4. The topological polar surface area (TPSA) is 57.6 Å². The van der Waals surface area contributed by atoms with Crippen molar-refractivity contribution in [1.82, 2.24) is 4.90 Å². The van der Waals surface area contributed by atoms with Crippen molar-refractivity contribution in [2.45, 2.75) is 19.9 Å². The number of rotatable bonds is 4. The van der Waals surface area contributed by atoms with E-state index in [0.29, 0.717) is 6.41 Å². The number of hydrogen-bond acceptors (Lipinski definition) is 2. The van der Waals surface area contributed by atoms with Gasteiger partial charge in [0.15, 0.2) is 0 Å². The quantitative estimate of drug-likeness (QED) is 0.495. The smallest absolute Gasteiger partial charge is 0.331 e. The molecule has 1 amide bonds. The maximum absolute atomic E-state index is 10.4. The highest BCUT2D eigenvalue weighted by Gasteiger charge is 2.06. The van der Waals surface area contributed by atoms with Crippen LogP contribution in [0.25, 0.3) is 0 Å². The van der Waals surface area contributed by atoms with Crippen molar-refractivity contribution in [2.75, 3.05) is 7.05 Å². The SMILES string of the molecule is CC(=CC(C)N(C)C=O)C(=O)O. The van der Waals surface area contributed by atoms with Crippen LogP contribution >= 0.6 is 0 Å². The van der Waals surface area contributed by atoms with Crippen molar-refractivity contribution in [3.63, 3.8) is 0 Å². The van der Waals surface area contributed by atoms with Crippen molar-refractivity contribution in [3.8, 4) is 0 Å². The van der Waals surface area contributed by atoms with Crippen LogP contribution in [0.4, 0.5) is 0 Å². The van der Waals surface area contributed by atoms with Crippen LogP contribution in [0.5, 0.6) is 0 Å². The summed E-state index contributed by atoms with van der Waals surface area (Å²) < 4.78 is 0. The summed E-state index contributed by atoms with van der Waals surface area (Å²) in [6, 6.07) is -0.182. The third kappa shape index (κ3) is 3.18. The normalized spacial score (nSPS) is 13.8. The van der Waals surface area contributed by atoms with Crippen LogP contribution in [0.2, 0.25) is 0 Å². The van der Waals surface area contributed by atoms with Crippen LogP contribution in [0.3, 0.4) is 0 Å². The van der Waals surface area contributed by atoms with E-state index in [2.05, 4.69) is 0 Å². The fourth-order valence-electron chi connectivity index (χ4n) is 0.647. The van der Waals surface area contributed by atoms with Gasteiger partial charge in [-0.15, -0.1) is 0 Å². The molecule has 68 valence electrons. The molecule has 0 aliphatic carbocycles. The minimum absolute atomic E-state index is 0.182. The minimum atomic E-state index is -0.957. The molecule has 0 aromatic heterocycles. The van der Waals surface area contributed by atoms with Crippen molar-refractivity contribution in [1.29, 1.82) is 0 Å². The molecule has 1 N–H and O–H groups in total. The Hall–Kier alpha value is -1.32. The van der Waals surface area contributed by atoms with Crippen molar-refractivity contribution in [2.24, 2.45) is 0 Å². The number of likely N-dealkylation sites (N-methyl/N-ethyl adjacent to an activating group) is 1. The molecule has 0 aromatic carbocycles. The van der Waals surface area contributed by atoms with E-state index in [-0.39, 0.29) is 11.6 Å². The molecule has 0 spiro atoms. The van der Waals surface area contributed by atoms with Crippen LogP contribution in [0.15, 0.2) is 11.6 Å². The van der Waals surface area contributed by atoms with Gasteiger partial charge in [0.05, 0.1) is 0 Å². The lowest BCUT2D eigenvalue weighted by Gasteiger charge is -2.16. The highest BCUT2D eigenvalue weighted by Crippen LogP contribution is 2.00. The molecule has 4 heteroatoms. The Morgan fingerprint density at radius 2 is 2.08 bits per heavy atom. The molecular weight excluding hydrogens is 158 g/mol. The Kier molecular flexibility index (Phi) is 4.04. The van der Waals surface area contributed by atoms with Gasteiger partial charge in [-0.3, -0.25) is 4.79 Å². The Morgan fingerprint density at radius 1 is 1.58 bits per heavy atom. The summed E-state index contributed by atoms with van der Waals surface area (Å²) in [6.07, 6.45) is 2.19. The summed E-state index contributed by atoms with van der Waals surface area (Å²) >= 11 is 0. The molecule has 0 radical (unpaired) electrons. The summed E-state index contributed by atoms with van der Waals surface area (Å²) in [4.78, 5) is 22.0. The minimum Gasteiger partial charge on any atom is -0.478 e. The first kappa shape index (κ1) is 10.7. The van der Waals surface area contributed by atoms with Gasteiger partial charge in [0.2, 0.25) is 6.41 Å². The highest BCUT2D eigenvalue weighted by molar-refractivity contribution is 5.85. The van der Waals surface area contributed by atoms with Gasteiger partial charge in [0, 0.05) is 18.7 Å².